The first-order chi connectivity index (χ1) is 15.7. The Morgan fingerprint density at radius 2 is 1.70 bits per heavy atom. The van der Waals surface area contributed by atoms with Crippen LogP contribution in [0.4, 0.5) is 0 Å². The van der Waals surface area contributed by atoms with Gasteiger partial charge in [-0.2, -0.15) is 0 Å². The molecule has 2 aromatic carbocycles. The van der Waals surface area contributed by atoms with Crippen molar-refractivity contribution in [1.29, 1.82) is 0 Å². The maximum atomic E-state index is 10.4. The van der Waals surface area contributed by atoms with Crippen molar-refractivity contribution in [3.63, 3.8) is 0 Å². The molecule has 0 amide bonds. The van der Waals surface area contributed by atoms with Crippen LogP contribution in [-0.2, 0) is 9.47 Å². The van der Waals surface area contributed by atoms with Crippen LogP contribution in [0.5, 0.6) is 28.7 Å². The van der Waals surface area contributed by atoms with Crippen molar-refractivity contribution in [2.24, 2.45) is 0 Å². The van der Waals surface area contributed by atoms with Crippen LogP contribution in [0.2, 0.25) is 0 Å². The smallest absolute Gasteiger partial charge is 0.228 e. The summed E-state index contributed by atoms with van der Waals surface area (Å²) in [6.07, 6.45) is -7.09. The maximum absolute atomic E-state index is 10.4. The van der Waals surface area contributed by atoms with E-state index in [0.29, 0.717) is 11.1 Å². The quantitative estimate of drug-likeness (QED) is 0.299. The number of phenols is 3. The Kier molecular flexibility index (Phi) is 6.23. The Labute approximate surface area is 187 Å². The van der Waals surface area contributed by atoms with Crippen LogP contribution in [0.25, 0.3) is 6.08 Å². The van der Waals surface area contributed by atoms with Gasteiger partial charge in [-0.1, -0.05) is 6.07 Å². The Balaban J connectivity index is 1.76. The summed E-state index contributed by atoms with van der Waals surface area (Å²) in [5, 5.41) is 69.5. The molecule has 6 unspecified atom stereocenters. The fourth-order valence-corrected chi connectivity index (χ4v) is 3.73. The van der Waals surface area contributed by atoms with Crippen molar-refractivity contribution in [3.05, 3.63) is 47.2 Å². The van der Waals surface area contributed by atoms with E-state index in [4.69, 9.17) is 18.9 Å². The molecule has 0 aromatic heterocycles. The molecule has 0 radical (unpaired) electrons. The van der Waals surface area contributed by atoms with Gasteiger partial charge >= 0.3 is 0 Å². The largest absolute Gasteiger partial charge is 0.508 e. The van der Waals surface area contributed by atoms with Crippen molar-refractivity contribution in [1.82, 2.24) is 0 Å². The third kappa shape index (κ3) is 4.24. The molecule has 2 aromatic rings. The fourth-order valence-electron chi connectivity index (χ4n) is 3.73. The first-order valence-electron chi connectivity index (χ1n) is 10.0. The van der Waals surface area contributed by atoms with Gasteiger partial charge in [-0.05, 0) is 18.2 Å². The topological polar surface area (TPSA) is 179 Å². The second-order valence-electron chi connectivity index (χ2n) is 7.67. The minimum Gasteiger partial charge on any atom is -0.508 e. The average Bonchev–Trinajstić information content (AvgIpc) is 2.80. The van der Waals surface area contributed by atoms with E-state index in [1.807, 2.05) is 0 Å². The lowest BCUT2D eigenvalue weighted by atomic mass is 9.98. The highest BCUT2D eigenvalue weighted by Crippen LogP contribution is 2.45. The SMILES string of the molecule is COc1cc(O)cc2c1C=C(OC1OC(CO)C(O)C(O)C1O)C(c1ccc(O)c(O)c1)O2. The number of ether oxygens (including phenoxy) is 4. The molecule has 0 bridgehead atoms. The molecule has 11 heteroatoms. The monoisotopic (exact) mass is 464 g/mol. The standard InChI is InChI=1S/C22H24O11/c1-30-14-5-10(24)6-15-11(14)7-16(21(31-15)9-2-3-12(25)13(26)4-9)32-22-20(29)19(28)18(27)17(8-23)33-22/h2-7,17-29H,8H2,1H3. The number of rotatable bonds is 5. The van der Waals surface area contributed by atoms with Crippen LogP contribution in [-0.4, -0.2) is 80.2 Å². The number of phenolic OH excluding ortho intramolecular Hbond substituents is 3. The van der Waals surface area contributed by atoms with Crippen molar-refractivity contribution in [2.75, 3.05) is 13.7 Å². The van der Waals surface area contributed by atoms with Gasteiger partial charge in [0.1, 0.15) is 47.4 Å². The summed E-state index contributed by atoms with van der Waals surface area (Å²) < 4.78 is 22.6. The molecule has 178 valence electrons. The van der Waals surface area contributed by atoms with Gasteiger partial charge < -0.3 is 54.7 Å². The van der Waals surface area contributed by atoms with E-state index in [9.17, 15) is 35.7 Å². The summed E-state index contributed by atoms with van der Waals surface area (Å²) in [4.78, 5) is 0. The first kappa shape index (κ1) is 23.0. The molecule has 2 heterocycles. The fraction of sp³-hybridized carbons (Fsp3) is 0.364. The molecule has 0 aliphatic carbocycles. The second kappa shape index (κ2) is 8.96. The highest BCUT2D eigenvalue weighted by Gasteiger charge is 2.46. The average molecular weight is 464 g/mol. The lowest BCUT2D eigenvalue weighted by Crippen LogP contribution is -2.59. The summed E-state index contributed by atoms with van der Waals surface area (Å²) in [6, 6.07) is 6.67. The third-order valence-corrected chi connectivity index (χ3v) is 5.50. The van der Waals surface area contributed by atoms with Crippen LogP contribution in [0, 0.1) is 0 Å². The molecule has 7 N–H and O–H groups in total. The first-order valence-corrected chi connectivity index (χ1v) is 10.0. The molecule has 2 aliphatic rings. The number of aliphatic hydroxyl groups is 4. The highest BCUT2D eigenvalue weighted by molar-refractivity contribution is 5.70. The highest BCUT2D eigenvalue weighted by atomic mass is 16.7. The van der Waals surface area contributed by atoms with Crippen LogP contribution in [0.3, 0.4) is 0 Å². The molecule has 1 fully saturated rings. The van der Waals surface area contributed by atoms with Crippen molar-refractivity contribution < 1.29 is 54.7 Å². The molecule has 4 rings (SSSR count). The normalized spacial score (nSPS) is 28.9. The molecule has 11 nitrogen and oxygen atoms in total. The van der Waals surface area contributed by atoms with Gasteiger partial charge in [0, 0.05) is 17.7 Å². The predicted molar refractivity (Wildman–Crippen MR) is 111 cm³/mol. The van der Waals surface area contributed by atoms with E-state index >= 15 is 0 Å². The zero-order valence-corrected chi connectivity index (χ0v) is 17.4. The number of hydrogen-bond acceptors (Lipinski definition) is 11. The van der Waals surface area contributed by atoms with E-state index in [2.05, 4.69) is 0 Å². The summed E-state index contributed by atoms with van der Waals surface area (Å²) in [7, 11) is 1.39. The number of methoxy groups -OCH3 is 1. The van der Waals surface area contributed by atoms with Gasteiger partial charge in [0.2, 0.25) is 6.29 Å². The van der Waals surface area contributed by atoms with Crippen molar-refractivity contribution in [2.45, 2.75) is 36.8 Å². The van der Waals surface area contributed by atoms with Gasteiger partial charge in [-0.15, -0.1) is 0 Å². The van der Waals surface area contributed by atoms with E-state index in [1.165, 1.54) is 43.5 Å². The van der Waals surface area contributed by atoms with Crippen LogP contribution >= 0.6 is 0 Å². The third-order valence-electron chi connectivity index (χ3n) is 5.50. The molecular formula is C22H24O11. The summed E-state index contributed by atoms with van der Waals surface area (Å²) in [5.41, 5.74) is 0.739. The van der Waals surface area contributed by atoms with E-state index < -0.39 is 49.2 Å². The van der Waals surface area contributed by atoms with Gasteiger partial charge in [0.15, 0.2) is 17.6 Å². The molecule has 0 spiro atoms. The minimum atomic E-state index is -1.67. The zero-order valence-electron chi connectivity index (χ0n) is 17.4. The predicted octanol–water partition coefficient (Wildman–Crippen LogP) is 0.103. The number of hydrogen-bond donors (Lipinski definition) is 7. The van der Waals surface area contributed by atoms with Crippen LogP contribution < -0.4 is 9.47 Å². The lowest BCUT2D eigenvalue weighted by molar-refractivity contribution is -0.293. The Morgan fingerprint density at radius 3 is 2.36 bits per heavy atom. The molecule has 1 saturated heterocycles. The molecular weight excluding hydrogens is 440 g/mol. The van der Waals surface area contributed by atoms with E-state index in [0.717, 1.165) is 0 Å². The molecule has 6 atom stereocenters. The number of aromatic hydroxyl groups is 3. The zero-order chi connectivity index (χ0) is 23.9. The Morgan fingerprint density at radius 1 is 0.939 bits per heavy atom. The van der Waals surface area contributed by atoms with Gasteiger partial charge in [0.25, 0.3) is 0 Å². The maximum Gasteiger partial charge on any atom is 0.228 e. The van der Waals surface area contributed by atoms with Crippen LogP contribution in [0.1, 0.15) is 17.2 Å². The van der Waals surface area contributed by atoms with Crippen LogP contribution in [0.15, 0.2) is 36.1 Å². The number of aliphatic hydroxyl groups excluding tert-OH is 4. The summed E-state index contributed by atoms with van der Waals surface area (Å²) in [5.74, 6) is -0.347. The number of benzene rings is 2. The second-order valence-corrected chi connectivity index (χ2v) is 7.67. The van der Waals surface area contributed by atoms with Gasteiger partial charge in [0.05, 0.1) is 19.3 Å². The van der Waals surface area contributed by atoms with Crippen molar-refractivity contribution in [3.8, 4) is 28.7 Å². The Bertz CT molecular complexity index is 1050. The summed E-state index contributed by atoms with van der Waals surface area (Å²) in [6.45, 7) is -0.633. The molecule has 33 heavy (non-hydrogen) atoms. The van der Waals surface area contributed by atoms with Gasteiger partial charge in [-0.25, -0.2) is 0 Å². The summed E-state index contributed by atoms with van der Waals surface area (Å²) >= 11 is 0. The Hall–Kier alpha value is -3.22. The van der Waals surface area contributed by atoms with Crippen molar-refractivity contribution >= 4 is 6.08 Å². The molecule has 0 saturated carbocycles. The lowest BCUT2D eigenvalue weighted by Gasteiger charge is -2.41. The number of fused-ring (bicyclic) bond motifs is 1. The minimum absolute atomic E-state index is 0.0564. The van der Waals surface area contributed by atoms with Gasteiger partial charge in [-0.3, -0.25) is 0 Å². The van der Waals surface area contributed by atoms with E-state index in [-0.39, 0.29) is 28.8 Å². The molecule has 2 aliphatic heterocycles. The van der Waals surface area contributed by atoms with E-state index in [1.54, 1.807) is 0 Å².